The van der Waals surface area contributed by atoms with Crippen molar-refractivity contribution in [1.82, 2.24) is 15.5 Å². The molecule has 2 unspecified atom stereocenters. The van der Waals surface area contributed by atoms with E-state index in [0.717, 1.165) is 18.4 Å². The van der Waals surface area contributed by atoms with E-state index < -0.39 is 0 Å². The van der Waals surface area contributed by atoms with Gasteiger partial charge in [-0.1, -0.05) is 44.2 Å². The fraction of sp³-hybridized carbons (Fsp3) is 0.667. The van der Waals surface area contributed by atoms with Crippen LogP contribution >= 0.6 is 0 Å². The lowest BCUT2D eigenvalue weighted by molar-refractivity contribution is 0.187. The molecule has 1 aliphatic heterocycles. The summed E-state index contributed by atoms with van der Waals surface area (Å²) >= 11 is 0. The van der Waals surface area contributed by atoms with Gasteiger partial charge in [0.15, 0.2) is 5.96 Å². The molecule has 0 aromatic heterocycles. The minimum Gasteiger partial charge on any atom is -0.354 e. The zero-order chi connectivity index (χ0) is 17.6. The maximum Gasteiger partial charge on any atom is 0.191 e. The topological polar surface area (TPSA) is 39.7 Å². The summed E-state index contributed by atoms with van der Waals surface area (Å²) in [7, 11) is 0. The van der Waals surface area contributed by atoms with Gasteiger partial charge in [0, 0.05) is 44.2 Å². The molecule has 1 saturated carbocycles. The normalized spacial score (nSPS) is 25.2. The van der Waals surface area contributed by atoms with Gasteiger partial charge in [-0.05, 0) is 37.7 Å². The Morgan fingerprint density at radius 3 is 2.52 bits per heavy atom. The number of benzene rings is 1. The second-order valence-electron chi connectivity index (χ2n) is 7.94. The van der Waals surface area contributed by atoms with Crippen molar-refractivity contribution in [3.63, 3.8) is 0 Å². The molecule has 2 fully saturated rings. The average Bonchev–Trinajstić information content (AvgIpc) is 3.36. The smallest absolute Gasteiger partial charge is 0.191 e. The molecular formula is C21H34N4. The molecule has 0 spiro atoms. The molecule has 25 heavy (non-hydrogen) atoms. The Balaban J connectivity index is 1.46. The zero-order valence-electron chi connectivity index (χ0n) is 16.0. The maximum absolute atomic E-state index is 4.67. The van der Waals surface area contributed by atoms with E-state index in [9.17, 15) is 0 Å². The largest absolute Gasteiger partial charge is 0.354 e. The summed E-state index contributed by atoms with van der Waals surface area (Å²) < 4.78 is 0. The van der Waals surface area contributed by atoms with Gasteiger partial charge < -0.3 is 15.5 Å². The monoisotopic (exact) mass is 342 g/mol. The molecule has 0 bridgehead atoms. The molecule has 2 N–H and O–H groups in total. The predicted octanol–water partition coefficient (Wildman–Crippen LogP) is 3.22. The number of nitrogens with zero attached hydrogens (tertiary/aromatic N) is 2. The van der Waals surface area contributed by atoms with E-state index in [2.05, 4.69) is 71.6 Å². The number of nitrogens with one attached hydrogen (secondary N) is 2. The second-order valence-corrected chi connectivity index (χ2v) is 7.94. The first kappa shape index (κ1) is 18.2. The standard InChI is InChI=1S/C21H34N4/c1-4-22-21(23-18-10-12-25(13-11-18)15-16(2)3)24-20-14-19(20)17-8-6-5-7-9-17/h5-9,16,18-20H,4,10-15H2,1-3H3,(H2,22,23,24). The van der Waals surface area contributed by atoms with E-state index in [1.165, 1.54) is 44.5 Å². The van der Waals surface area contributed by atoms with Gasteiger partial charge in [-0.15, -0.1) is 0 Å². The highest BCUT2D eigenvalue weighted by molar-refractivity contribution is 5.81. The molecule has 1 heterocycles. The Labute approximate surface area is 153 Å². The van der Waals surface area contributed by atoms with Crippen molar-refractivity contribution < 1.29 is 0 Å². The molecule has 2 aliphatic rings. The maximum atomic E-state index is 4.67. The summed E-state index contributed by atoms with van der Waals surface area (Å²) in [5.74, 6) is 2.40. The summed E-state index contributed by atoms with van der Waals surface area (Å²) in [5, 5.41) is 7.34. The van der Waals surface area contributed by atoms with Crippen LogP contribution in [0.2, 0.25) is 0 Å². The number of rotatable bonds is 6. The van der Waals surface area contributed by atoms with Gasteiger partial charge >= 0.3 is 0 Å². The first-order valence-corrected chi connectivity index (χ1v) is 10.0. The van der Waals surface area contributed by atoms with E-state index in [1.807, 2.05) is 0 Å². The van der Waals surface area contributed by atoms with Crippen molar-refractivity contribution in [3.8, 4) is 0 Å². The number of aliphatic imine (C=N–C) groups is 1. The van der Waals surface area contributed by atoms with E-state index in [1.54, 1.807) is 0 Å². The van der Waals surface area contributed by atoms with Crippen LogP contribution in [-0.2, 0) is 0 Å². The number of hydrogen-bond donors (Lipinski definition) is 2. The fourth-order valence-electron chi connectivity index (χ4n) is 3.86. The van der Waals surface area contributed by atoms with E-state index in [-0.39, 0.29) is 0 Å². The van der Waals surface area contributed by atoms with Crippen LogP contribution in [0.3, 0.4) is 0 Å². The summed E-state index contributed by atoms with van der Waals surface area (Å²) in [5.41, 5.74) is 1.44. The molecule has 1 aromatic carbocycles. The van der Waals surface area contributed by atoms with Gasteiger partial charge in [-0.3, -0.25) is 4.99 Å². The van der Waals surface area contributed by atoms with Crippen molar-refractivity contribution in [1.29, 1.82) is 0 Å². The minimum atomic E-state index is 0.529. The lowest BCUT2D eigenvalue weighted by Gasteiger charge is -2.34. The highest BCUT2D eigenvalue weighted by Gasteiger charge is 2.39. The number of hydrogen-bond acceptors (Lipinski definition) is 2. The highest BCUT2D eigenvalue weighted by Crippen LogP contribution is 2.40. The van der Waals surface area contributed by atoms with Gasteiger partial charge in [-0.25, -0.2) is 0 Å². The fourth-order valence-corrected chi connectivity index (χ4v) is 3.86. The zero-order valence-corrected chi connectivity index (χ0v) is 16.0. The molecule has 0 amide bonds. The molecule has 1 saturated heterocycles. The first-order chi connectivity index (χ1) is 12.2. The Kier molecular flexibility index (Phi) is 6.35. The van der Waals surface area contributed by atoms with E-state index >= 15 is 0 Å². The van der Waals surface area contributed by atoms with Crippen LogP contribution in [0.15, 0.2) is 35.3 Å². The van der Waals surface area contributed by atoms with Crippen molar-refractivity contribution in [3.05, 3.63) is 35.9 Å². The molecular weight excluding hydrogens is 308 g/mol. The number of piperidine rings is 1. The average molecular weight is 343 g/mol. The number of guanidine groups is 1. The first-order valence-electron chi connectivity index (χ1n) is 10.0. The number of likely N-dealkylation sites (tertiary alicyclic amines) is 1. The molecule has 3 rings (SSSR count). The molecule has 1 aromatic rings. The molecule has 4 nitrogen and oxygen atoms in total. The van der Waals surface area contributed by atoms with Crippen molar-refractivity contribution in [2.75, 3.05) is 26.2 Å². The summed E-state index contributed by atoms with van der Waals surface area (Å²) in [6, 6.07) is 11.9. The Morgan fingerprint density at radius 2 is 1.88 bits per heavy atom. The summed E-state index contributed by atoms with van der Waals surface area (Å²) in [6.45, 7) is 11.2. The molecule has 0 radical (unpaired) electrons. The van der Waals surface area contributed by atoms with Crippen molar-refractivity contribution in [2.45, 2.75) is 58.0 Å². The van der Waals surface area contributed by atoms with Gasteiger partial charge in [-0.2, -0.15) is 0 Å². The van der Waals surface area contributed by atoms with Gasteiger partial charge in [0.1, 0.15) is 0 Å². The third-order valence-corrected chi connectivity index (χ3v) is 5.21. The van der Waals surface area contributed by atoms with Gasteiger partial charge in [0.25, 0.3) is 0 Å². The Hall–Kier alpha value is -1.55. The third kappa shape index (κ3) is 5.46. The predicted molar refractivity (Wildman–Crippen MR) is 106 cm³/mol. The van der Waals surface area contributed by atoms with Crippen LogP contribution in [0.25, 0.3) is 0 Å². The van der Waals surface area contributed by atoms with Crippen LogP contribution < -0.4 is 10.6 Å². The van der Waals surface area contributed by atoms with Crippen LogP contribution in [0.4, 0.5) is 0 Å². The lowest BCUT2D eigenvalue weighted by atomic mass is 10.0. The quantitative estimate of drug-likeness (QED) is 0.616. The van der Waals surface area contributed by atoms with Crippen molar-refractivity contribution >= 4 is 5.96 Å². The lowest BCUT2D eigenvalue weighted by Crippen LogP contribution is -2.49. The highest BCUT2D eigenvalue weighted by atomic mass is 15.2. The summed E-state index contributed by atoms with van der Waals surface area (Å²) in [6.07, 6.45) is 3.63. The van der Waals surface area contributed by atoms with Gasteiger partial charge in [0.2, 0.25) is 0 Å². The second kappa shape index (κ2) is 8.70. The van der Waals surface area contributed by atoms with Crippen molar-refractivity contribution in [2.24, 2.45) is 10.9 Å². The summed E-state index contributed by atoms with van der Waals surface area (Å²) in [4.78, 5) is 7.27. The molecule has 2 atom stereocenters. The SMILES string of the molecule is CCN=C(NC1CCN(CC(C)C)CC1)NC1CC1c1ccccc1. The van der Waals surface area contributed by atoms with E-state index in [4.69, 9.17) is 0 Å². The van der Waals surface area contributed by atoms with Crippen LogP contribution in [0, 0.1) is 5.92 Å². The molecule has 138 valence electrons. The minimum absolute atomic E-state index is 0.529. The molecule has 4 heteroatoms. The Morgan fingerprint density at radius 1 is 1.16 bits per heavy atom. The van der Waals surface area contributed by atoms with E-state index in [0.29, 0.717) is 18.0 Å². The van der Waals surface area contributed by atoms with Crippen LogP contribution in [-0.4, -0.2) is 49.1 Å². The van der Waals surface area contributed by atoms with Gasteiger partial charge in [0.05, 0.1) is 0 Å². The van der Waals surface area contributed by atoms with Crippen LogP contribution in [0.1, 0.15) is 51.5 Å². The third-order valence-electron chi connectivity index (χ3n) is 5.21. The van der Waals surface area contributed by atoms with Crippen LogP contribution in [0.5, 0.6) is 0 Å². The Bertz CT molecular complexity index is 546. The molecule has 1 aliphatic carbocycles.